The maximum Gasteiger partial charge on any atom is 0.323 e. The van der Waals surface area contributed by atoms with Gasteiger partial charge in [0.25, 0.3) is 5.91 Å². The van der Waals surface area contributed by atoms with Crippen LogP contribution in [0.4, 0.5) is 0 Å². The number of carboxylic acids is 1. The van der Waals surface area contributed by atoms with Crippen LogP contribution in [0.25, 0.3) is 0 Å². The highest BCUT2D eigenvalue weighted by molar-refractivity contribution is 7.12. The Kier molecular flexibility index (Phi) is 4.71. The fraction of sp³-hybridized carbons (Fsp3) is 0.273. The molecule has 5 nitrogen and oxygen atoms in total. The third-order valence-corrected chi connectivity index (χ3v) is 2.89. The summed E-state index contributed by atoms with van der Waals surface area (Å²) in [5, 5.41) is 10.4. The molecule has 0 fully saturated rings. The van der Waals surface area contributed by atoms with E-state index in [2.05, 4.69) is 6.58 Å². The molecular weight excluding hydrogens is 242 g/mol. The molecular formula is C11H13NO4S. The molecule has 0 saturated heterocycles. The lowest BCUT2D eigenvalue weighted by molar-refractivity contribution is -0.137. The average molecular weight is 255 g/mol. The van der Waals surface area contributed by atoms with Crippen LogP contribution in [0.1, 0.15) is 9.67 Å². The van der Waals surface area contributed by atoms with Gasteiger partial charge in [-0.2, -0.15) is 0 Å². The first-order chi connectivity index (χ1) is 8.10. The highest BCUT2D eigenvalue weighted by atomic mass is 32.1. The van der Waals surface area contributed by atoms with Gasteiger partial charge in [-0.05, 0) is 11.4 Å². The van der Waals surface area contributed by atoms with E-state index in [9.17, 15) is 9.59 Å². The topological polar surface area (TPSA) is 66.8 Å². The van der Waals surface area contributed by atoms with Crippen molar-refractivity contribution in [3.8, 4) is 5.75 Å². The monoisotopic (exact) mass is 255 g/mol. The highest BCUT2D eigenvalue weighted by Crippen LogP contribution is 2.25. The first-order valence-corrected chi connectivity index (χ1v) is 5.71. The molecule has 0 aliphatic heterocycles. The Bertz CT molecular complexity index is 427. The Balaban J connectivity index is 2.90. The first-order valence-electron chi connectivity index (χ1n) is 4.83. The van der Waals surface area contributed by atoms with Crippen molar-refractivity contribution in [2.24, 2.45) is 0 Å². The molecule has 1 rings (SSSR count). The van der Waals surface area contributed by atoms with Crippen LogP contribution in [0.5, 0.6) is 5.75 Å². The molecule has 0 radical (unpaired) electrons. The standard InChI is InChI=1S/C11H13NO4S/c1-3-5-12(7-9(13)14)11(15)10-8(16-2)4-6-17-10/h3-4,6H,1,5,7H2,2H3,(H,13,14). The summed E-state index contributed by atoms with van der Waals surface area (Å²) in [5.74, 6) is -0.964. The van der Waals surface area contributed by atoms with E-state index in [1.54, 1.807) is 11.4 Å². The van der Waals surface area contributed by atoms with Gasteiger partial charge in [-0.25, -0.2) is 0 Å². The number of carbonyl (C=O) groups is 2. The third-order valence-electron chi connectivity index (χ3n) is 2.01. The number of hydrogen-bond donors (Lipinski definition) is 1. The van der Waals surface area contributed by atoms with Gasteiger partial charge in [-0.15, -0.1) is 17.9 Å². The Morgan fingerprint density at radius 1 is 1.65 bits per heavy atom. The van der Waals surface area contributed by atoms with E-state index >= 15 is 0 Å². The predicted molar refractivity (Wildman–Crippen MR) is 64.6 cm³/mol. The summed E-state index contributed by atoms with van der Waals surface area (Å²) in [5.41, 5.74) is 0. The van der Waals surface area contributed by atoms with E-state index in [-0.39, 0.29) is 19.0 Å². The van der Waals surface area contributed by atoms with Crippen LogP contribution >= 0.6 is 11.3 Å². The van der Waals surface area contributed by atoms with Gasteiger partial charge < -0.3 is 14.7 Å². The quantitative estimate of drug-likeness (QED) is 0.782. The summed E-state index contributed by atoms with van der Waals surface area (Å²) in [4.78, 5) is 24.3. The van der Waals surface area contributed by atoms with Crippen molar-refractivity contribution in [3.05, 3.63) is 29.0 Å². The zero-order chi connectivity index (χ0) is 12.8. The summed E-state index contributed by atoms with van der Waals surface area (Å²) in [6.07, 6.45) is 1.49. The Morgan fingerprint density at radius 2 is 2.35 bits per heavy atom. The number of nitrogens with zero attached hydrogens (tertiary/aromatic N) is 1. The maximum absolute atomic E-state index is 12.1. The number of rotatable bonds is 6. The van der Waals surface area contributed by atoms with Gasteiger partial charge in [0.05, 0.1) is 7.11 Å². The zero-order valence-corrected chi connectivity index (χ0v) is 10.2. The van der Waals surface area contributed by atoms with Gasteiger partial charge in [0.15, 0.2) is 0 Å². The van der Waals surface area contributed by atoms with Crippen molar-refractivity contribution in [1.29, 1.82) is 0 Å². The van der Waals surface area contributed by atoms with Gasteiger partial charge in [-0.3, -0.25) is 9.59 Å². The minimum Gasteiger partial charge on any atom is -0.495 e. The Hall–Kier alpha value is -1.82. The van der Waals surface area contributed by atoms with Crippen molar-refractivity contribution >= 4 is 23.2 Å². The van der Waals surface area contributed by atoms with Crippen molar-refractivity contribution in [2.75, 3.05) is 20.2 Å². The number of aliphatic carboxylic acids is 1. The minimum absolute atomic E-state index is 0.187. The molecule has 0 atom stereocenters. The molecule has 0 aliphatic carbocycles. The molecule has 0 unspecified atom stereocenters. The lowest BCUT2D eigenvalue weighted by Gasteiger charge is -2.18. The third kappa shape index (κ3) is 3.32. The van der Waals surface area contributed by atoms with Gasteiger partial charge >= 0.3 is 5.97 Å². The summed E-state index contributed by atoms with van der Waals surface area (Å²) in [6, 6.07) is 1.67. The fourth-order valence-electron chi connectivity index (χ4n) is 1.30. The number of amides is 1. The molecule has 92 valence electrons. The molecule has 0 aliphatic rings. The van der Waals surface area contributed by atoms with E-state index in [1.807, 2.05) is 0 Å². The smallest absolute Gasteiger partial charge is 0.323 e. The summed E-state index contributed by atoms with van der Waals surface area (Å²) in [7, 11) is 1.47. The van der Waals surface area contributed by atoms with Crippen LogP contribution in [-0.4, -0.2) is 42.1 Å². The van der Waals surface area contributed by atoms with Crippen LogP contribution in [0, 0.1) is 0 Å². The molecule has 0 aromatic carbocycles. The van der Waals surface area contributed by atoms with Crippen molar-refractivity contribution in [2.45, 2.75) is 0 Å². The minimum atomic E-state index is -1.06. The fourth-order valence-corrected chi connectivity index (χ4v) is 2.12. The van der Waals surface area contributed by atoms with E-state index in [1.165, 1.54) is 29.4 Å². The van der Waals surface area contributed by atoms with Gasteiger partial charge in [0, 0.05) is 6.54 Å². The number of thiophene rings is 1. The summed E-state index contributed by atoms with van der Waals surface area (Å²) < 4.78 is 5.03. The molecule has 1 aromatic heterocycles. The largest absolute Gasteiger partial charge is 0.495 e. The van der Waals surface area contributed by atoms with E-state index in [4.69, 9.17) is 9.84 Å². The molecule has 0 saturated carbocycles. The number of carbonyl (C=O) groups excluding carboxylic acids is 1. The van der Waals surface area contributed by atoms with Crippen LogP contribution in [-0.2, 0) is 4.79 Å². The second kappa shape index (κ2) is 6.05. The lowest BCUT2D eigenvalue weighted by Crippen LogP contribution is -2.35. The molecule has 1 aromatic rings. The molecule has 6 heteroatoms. The van der Waals surface area contributed by atoms with Crippen LogP contribution < -0.4 is 4.74 Å². The normalized spacial score (nSPS) is 9.71. The Labute approximate surface area is 103 Å². The zero-order valence-electron chi connectivity index (χ0n) is 9.38. The second-order valence-corrected chi connectivity index (χ2v) is 4.10. The summed E-state index contributed by atoms with van der Waals surface area (Å²) in [6.45, 7) is 3.33. The number of methoxy groups -OCH3 is 1. The van der Waals surface area contributed by atoms with E-state index in [0.29, 0.717) is 10.6 Å². The summed E-state index contributed by atoms with van der Waals surface area (Å²) >= 11 is 1.22. The first kappa shape index (κ1) is 13.2. The van der Waals surface area contributed by atoms with Crippen LogP contribution in [0.3, 0.4) is 0 Å². The van der Waals surface area contributed by atoms with Crippen LogP contribution in [0.2, 0.25) is 0 Å². The van der Waals surface area contributed by atoms with Gasteiger partial charge in [-0.1, -0.05) is 6.08 Å². The highest BCUT2D eigenvalue weighted by Gasteiger charge is 2.21. The molecule has 0 bridgehead atoms. The molecule has 17 heavy (non-hydrogen) atoms. The van der Waals surface area contributed by atoms with E-state index in [0.717, 1.165) is 0 Å². The molecule has 1 N–H and O–H groups in total. The van der Waals surface area contributed by atoms with E-state index < -0.39 is 5.97 Å². The Morgan fingerprint density at radius 3 is 2.88 bits per heavy atom. The lowest BCUT2D eigenvalue weighted by atomic mass is 10.3. The average Bonchev–Trinajstić information content (AvgIpc) is 2.74. The molecule has 0 spiro atoms. The van der Waals surface area contributed by atoms with Crippen molar-refractivity contribution in [1.82, 2.24) is 4.90 Å². The number of hydrogen-bond acceptors (Lipinski definition) is 4. The molecule has 1 amide bonds. The van der Waals surface area contributed by atoms with Gasteiger partial charge in [0.2, 0.25) is 0 Å². The van der Waals surface area contributed by atoms with Crippen LogP contribution in [0.15, 0.2) is 24.1 Å². The molecule has 1 heterocycles. The van der Waals surface area contributed by atoms with Crippen molar-refractivity contribution in [3.63, 3.8) is 0 Å². The SMILES string of the molecule is C=CCN(CC(=O)O)C(=O)c1sccc1OC. The second-order valence-electron chi connectivity index (χ2n) is 3.19. The maximum atomic E-state index is 12.1. The van der Waals surface area contributed by atoms with Gasteiger partial charge in [0.1, 0.15) is 17.2 Å². The van der Waals surface area contributed by atoms with Crippen molar-refractivity contribution < 1.29 is 19.4 Å². The number of ether oxygens (including phenoxy) is 1. The predicted octanol–water partition coefficient (Wildman–Crippen LogP) is 1.47. The number of carboxylic acid groups (broad SMARTS) is 1.